The van der Waals surface area contributed by atoms with Crippen LogP contribution < -0.4 is 5.32 Å². The fourth-order valence-electron chi connectivity index (χ4n) is 1.75. The van der Waals surface area contributed by atoms with Gasteiger partial charge in [-0.05, 0) is 30.7 Å². The number of aryl methyl sites for hydroxylation is 1. The Balaban J connectivity index is 2.37. The lowest BCUT2D eigenvalue weighted by Gasteiger charge is -2.11. The lowest BCUT2D eigenvalue weighted by atomic mass is 10.1. The molecule has 0 aliphatic heterocycles. The van der Waals surface area contributed by atoms with E-state index < -0.39 is 11.9 Å². The molecule has 0 atom stereocenters. The number of carbonyl (C=O) groups is 2. The Hall–Kier alpha value is -1.56. The summed E-state index contributed by atoms with van der Waals surface area (Å²) in [5, 5.41) is 11.9. The number of halogens is 2. The van der Waals surface area contributed by atoms with Gasteiger partial charge in [0.1, 0.15) is 5.56 Å². The number of carboxylic acids is 1. The Morgan fingerprint density at radius 2 is 1.86 bits per heavy atom. The van der Waals surface area contributed by atoms with E-state index in [1.165, 1.54) is 23.5 Å². The molecule has 0 spiro atoms. The first-order valence-corrected chi connectivity index (χ1v) is 7.62. The van der Waals surface area contributed by atoms with Crippen molar-refractivity contribution in [2.75, 3.05) is 5.32 Å². The summed E-state index contributed by atoms with van der Waals surface area (Å²) < 4.78 is 0. The molecule has 0 saturated carbocycles. The molecule has 0 fully saturated rings. The highest BCUT2D eigenvalue weighted by molar-refractivity contribution is 7.14. The van der Waals surface area contributed by atoms with Crippen molar-refractivity contribution in [3.8, 4) is 0 Å². The molecule has 0 saturated heterocycles. The highest BCUT2D eigenvalue weighted by Gasteiger charge is 2.20. The first-order valence-electron chi connectivity index (χ1n) is 6.05. The predicted molar refractivity (Wildman–Crippen MR) is 85.1 cm³/mol. The van der Waals surface area contributed by atoms with Gasteiger partial charge in [-0.1, -0.05) is 30.1 Å². The number of aromatic carboxylic acids is 1. The zero-order valence-corrected chi connectivity index (χ0v) is 13.3. The Labute approximate surface area is 135 Å². The van der Waals surface area contributed by atoms with Crippen LogP contribution in [0, 0.1) is 0 Å². The van der Waals surface area contributed by atoms with Crippen molar-refractivity contribution < 1.29 is 14.7 Å². The van der Waals surface area contributed by atoms with Crippen LogP contribution in [0.1, 0.15) is 31.8 Å². The molecule has 1 aromatic heterocycles. The lowest BCUT2D eigenvalue weighted by molar-refractivity contribution is 0.0698. The van der Waals surface area contributed by atoms with Gasteiger partial charge in [0.15, 0.2) is 0 Å². The second kappa shape index (κ2) is 6.47. The number of thiophene rings is 1. The molecule has 4 nitrogen and oxygen atoms in total. The number of nitrogens with one attached hydrogen (secondary N) is 1. The van der Waals surface area contributed by atoms with Crippen molar-refractivity contribution in [2.24, 2.45) is 0 Å². The van der Waals surface area contributed by atoms with E-state index in [0.29, 0.717) is 4.88 Å². The molecule has 1 aromatic carbocycles. The molecule has 110 valence electrons. The second-order valence-corrected chi connectivity index (χ2v) is 6.14. The SMILES string of the molecule is CCc1ccc(C(=O)Nc2c(Cl)ccc(Cl)c2C(=O)O)s1. The molecule has 21 heavy (non-hydrogen) atoms. The van der Waals surface area contributed by atoms with Crippen molar-refractivity contribution in [2.45, 2.75) is 13.3 Å². The monoisotopic (exact) mass is 343 g/mol. The zero-order valence-electron chi connectivity index (χ0n) is 10.9. The molecule has 0 aliphatic rings. The van der Waals surface area contributed by atoms with Gasteiger partial charge in [0.05, 0.1) is 20.6 Å². The van der Waals surface area contributed by atoms with Gasteiger partial charge < -0.3 is 10.4 Å². The van der Waals surface area contributed by atoms with Gasteiger partial charge in [-0.2, -0.15) is 0 Å². The van der Waals surface area contributed by atoms with Gasteiger partial charge in [0.2, 0.25) is 0 Å². The zero-order chi connectivity index (χ0) is 15.6. The first kappa shape index (κ1) is 15.8. The molecule has 2 rings (SSSR count). The highest BCUT2D eigenvalue weighted by atomic mass is 35.5. The third-order valence-electron chi connectivity index (χ3n) is 2.79. The van der Waals surface area contributed by atoms with Gasteiger partial charge in [-0.3, -0.25) is 4.79 Å². The third-order valence-corrected chi connectivity index (χ3v) is 4.65. The maximum absolute atomic E-state index is 12.2. The fourth-order valence-corrected chi connectivity index (χ4v) is 3.03. The van der Waals surface area contributed by atoms with E-state index in [1.807, 2.05) is 13.0 Å². The van der Waals surface area contributed by atoms with Crippen molar-refractivity contribution in [1.29, 1.82) is 0 Å². The summed E-state index contributed by atoms with van der Waals surface area (Å²) >= 11 is 13.2. The summed E-state index contributed by atoms with van der Waals surface area (Å²) in [6.45, 7) is 1.99. The number of amides is 1. The summed E-state index contributed by atoms with van der Waals surface area (Å²) in [5.41, 5.74) is -0.210. The average Bonchev–Trinajstić information content (AvgIpc) is 2.91. The molecule has 1 amide bonds. The number of benzene rings is 1. The van der Waals surface area contributed by atoms with Crippen molar-refractivity contribution in [1.82, 2.24) is 0 Å². The molecule has 0 aliphatic carbocycles. The number of hydrogen-bond acceptors (Lipinski definition) is 3. The first-order chi connectivity index (χ1) is 9.93. The average molecular weight is 344 g/mol. The summed E-state index contributed by atoms with van der Waals surface area (Å²) in [7, 11) is 0. The van der Waals surface area contributed by atoms with Gasteiger partial charge in [-0.15, -0.1) is 11.3 Å². The molecule has 0 bridgehead atoms. The van der Waals surface area contributed by atoms with Crippen LogP contribution in [-0.2, 0) is 6.42 Å². The molecule has 1 heterocycles. The summed E-state index contributed by atoms with van der Waals surface area (Å²) in [6, 6.07) is 6.37. The quantitative estimate of drug-likeness (QED) is 0.854. The van der Waals surface area contributed by atoms with E-state index in [0.717, 1.165) is 11.3 Å². The number of carbonyl (C=O) groups excluding carboxylic acids is 1. The second-order valence-electron chi connectivity index (χ2n) is 4.16. The van der Waals surface area contributed by atoms with Crippen LogP contribution in [-0.4, -0.2) is 17.0 Å². The van der Waals surface area contributed by atoms with Crippen LogP contribution in [0.15, 0.2) is 24.3 Å². The smallest absolute Gasteiger partial charge is 0.339 e. The lowest BCUT2D eigenvalue weighted by Crippen LogP contribution is -2.14. The summed E-state index contributed by atoms with van der Waals surface area (Å²) in [5.74, 6) is -1.66. The van der Waals surface area contributed by atoms with E-state index in [-0.39, 0.29) is 21.3 Å². The van der Waals surface area contributed by atoms with Crippen molar-refractivity contribution in [3.63, 3.8) is 0 Å². The van der Waals surface area contributed by atoms with Crippen LogP contribution in [0.3, 0.4) is 0 Å². The van der Waals surface area contributed by atoms with Crippen LogP contribution >= 0.6 is 34.5 Å². The number of rotatable bonds is 4. The van der Waals surface area contributed by atoms with Crippen LogP contribution in [0.2, 0.25) is 10.0 Å². The van der Waals surface area contributed by atoms with Crippen LogP contribution in [0.4, 0.5) is 5.69 Å². The largest absolute Gasteiger partial charge is 0.478 e. The molecule has 0 unspecified atom stereocenters. The van der Waals surface area contributed by atoms with Crippen molar-refractivity contribution >= 4 is 52.1 Å². The Bertz CT molecular complexity index is 712. The molecular formula is C14H11Cl2NO3S. The van der Waals surface area contributed by atoms with Crippen molar-refractivity contribution in [3.05, 3.63) is 49.6 Å². The topological polar surface area (TPSA) is 66.4 Å². The fraction of sp³-hybridized carbons (Fsp3) is 0.143. The standard InChI is InChI=1S/C14H11Cl2NO3S/c1-2-7-3-6-10(21-7)13(18)17-12-9(16)5-4-8(15)11(12)14(19)20/h3-6H,2H2,1H3,(H,17,18)(H,19,20). The minimum absolute atomic E-state index is 0.00751. The Morgan fingerprint density at radius 3 is 2.43 bits per heavy atom. The van der Waals surface area contributed by atoms with Gasteiger partial charge in [-0.25, -0.2) is 4.79 Å². The molecule has 7 heteroatoms. The number of carboxylic acid groups (broad SMARTS) is 1. The predicted octanol–water partition coefficient (Wildman–Crippen LogP) is 4.57. The molecule has 0 radical (unpaired) electrons. The minimum atomic E-state index is -1.25. The molecule has 2 N–H and O–H groups in total. The maximum atomic E-state index is 12.2. The van der Waals surface area contributed by atoms with Gasteiger partial charge >= 0.3 is 5.97 Å². The third kappa shape index (κ3) is 3.37. The molecular weight excluding hydrogens is 333 g/mol. The normalized spacial score (nSPS) is 10.4. The van der Waals surface area contributed by atoms with E-state index in [1.54, 1.807) is 6.07 Å². The van der Waals surface area contributed by atoms with E-state index in [9.17, 15) is 14.7 Å². The summed E-state index contributed by atoms with van der Waals surface area (Å²) in [6.07, 6.45) is 0.830. The van der Waals surface area contributed by atoms with E-state index in [4.69, 9.17) is 23.2 Å². The van der Waals surface area contributed by atoms with Gasteiger partial charge in [0.25, 0.3) is 5.91 Å². The van der Waals surface area contributed by atoms with Gasteiger partial charge in [0, 0.05) is 4.88 Å². The number of anilines is 1. The Kier molecular flexibility index (Phi) is 4.88. The van der Waals surface area contributed by atoms with Crippen LogP contribution in [0.5, 0.6) is 0 Å². The minimum Gasteiger partial charge on any atom is -0.478 e. The molecule has 2 aromatic rings. The summed E-state index contributed by atoms with van der Waals surface area (Å²) in [4.78, 5) is 25.0. The van der Waals surface area contributed by atoms with E-state index in [2.05, 4.69) is 5.32 Å². The van der Waals surface area contributed by atoms with Crippen LogP contribution in [0.25, 0.3) is 0 Å². The van der Waals surface area contributed by atoms with E-state index >= 15 is 0 Å². The Morgan fingerprint density at radius 1 is 1.19 bits per heavy atom. The highest BCUT2D eigenvalue weighted by Crippen LogP contribution is 2.32. The maximum Gasteiger partial charge on any atom is 0.339 e. The number of hydrogen-bond donors (Lipinski definition) is 2.